The molecule has 1 aromatic carbocycles. The molecule has 1 aromatic heterocycles. The number of piperazine rings is 1. The zero-order valence-corrected chi connectivity index (χ0v) is 14.4. The summed E-state index contributed by atoms with van der Waals surface area (Å²) in [6, 6.07) is 4.53. The van der Waals surface area contributed by atoms with Crippen molar-refractivity contribution in [2.45, 2.75) is 20.0 Å². The molecular formula is C17H23FN6O. The van der Waals surface area contributed by atoms with Crippen LogP contribution in [-0.2, 0) is 13.1 Å². The van der Waals surface area contributed by atoms with Gasteiger partial charge >= 0.3 is 6.03 Å². The molecule has 0 aliphatic carbocycles. The van der Waals surface area contributed by atoms with Gasteiger partial charge in [0.25, 0.3) is 0 Å². The Hall–Kier alpha value is -2.48. The molecular weight excluding hydrogens is 323 g/mol. The van der Waals surface area contributed by atoms with E-state index >= 15 is 0 Å². The van der Waals surface area contributed by atoms with Gasteiger partial charge in [0, 0.05) is 39.3 Å². The zero-order valence-electron chi connectivity index (χ0n) is 14.4. The predicted octanol–water partition coefficient (Wildman–Crippen LogP) is 1.25. The van der Waals surface area contributed by atoms with Gasteiger partial charge in [-0.3, -0.25) is 9.58 Å². The van der Waals surface area contributed by atoms with Crippen molar-refractivity contribution in [3.63, 3.8) is 0 Å². The third-order valence-corrected chi connectivity index (χ3v) is 4.51. The lowest BCUT2D eigenvalue weighted by Gasteiger charge is -2.34. The molecule has 0 unspecified atom stereocenters. The number of carbonyl (C=O) groups excluding carboxylic acids is 1. The number of carbonyl (C=O) groups is 1. The molecule has 2 amide bonds. The first-order chi connectivity index (χ1) is 12.1. The van der Waals surface area contributed by atoms with Crippen molar-refractivity contribution < 1.29 is 9.18 Å². The zero-order chi connectivity index (χ0) is 17.6. The molecule has 2 heterocycles. The molecule has 1 fully saturated rings. The van der Waals surface area contributed by atoms with E-state index in [0.29, 0.717) is 19.6 Å². The number of aromatic nitrogens is 3. The normalized spacial score (nSPS) is 15.4. The number of aryl methyl sites for hydroxylation is 1. The van der Waals surface area contributed by atoms with Gasteiger partial charge < -0.3 is 10.2 Å². The van der Waals surface area contributed by atoms with Crippen molar-refractivity contribution in [3.8, 4) is 0 Å². The molecule has 0 spiro atoms. The quantitative estimate of drug-likeness (QED) is 0.885. The smallest absolute Gasteiger partial charge is 0.317 e. The first kappa shape index (κ1) is 17.3. The molecule has 0 saturated carbocycles. The summed E-state index contributed by atoms with van der Waals surface area (Å²) in [5, 5.41) is 6.97. The fourth-order valence-corrected chi connectivity index (χ4v) is 2.88. The molecule has 0 atom stereocenters. The van der Waals surface area contributed by atoms with Gasteiger partial charge in [-0.05, 0) is 30.2 Å². The molecule has 0 radical (unpaired) electrons. The molecule has 0 bridgehead atoms. The van der Waals surface area contributed by atoms with Crippen molar-refractivity contribution in [1.82, 2.24) is 29.9 Å². The molecule has 7 nitrogen and oxygen atoms in total. The van der Waals surface area contributed by atoms with Gasteiger partial charge in [-0.15, -0.1) is 0 Å². The number of nitrogens with one attached hydrogen (secondary N) is 1. The maximum absolute atomic E-state index is 13.3. The Balaban J connectivity index is 1.41. The Morgan fingerprint density at radius 1 is 1.24 bits per heavy atom. The van der Waals surface area contributed by atoms with Crippen LogP contribution in [0.25, 0.3) is 0 Å². The third kappa shape index (κ3) is 4.76. The average Bonchev–Trinajstić information content (AvgIpc) is 3.14. The summed E-state index contributed by atoms with van der Waals surface area (Å²) in [5.74, 6) is -0.282. The van der Waals surface area contributed by atoms with Crippen LogP contribution in [0, 0.1) is 12.7 Å². The first-order valence-corrected chi connectivity index (χ1v) is 8.44. The first-order valence-electron chi connectivity index (χ1n) is 8.44. The molecule has 2 aromatic rings. The summed E-state index contributed by atoms with van der Waals surface area (Å²) < 4.78 is 15.1. The standard InChI is InChI=1S/C17H23FN6O/c1-14-2-3-16(18)10-15(14)11-20-17(25)23-7-4-22(5-8-23)6-9-24-13-19-12-21-24/h2-3,10,12-13H,4-9,11H2,1H3,(H,20,25). The van der Waals surface area contributed by atoms with Crippen molar-refractivity contribution in [2.24, 2.45) is 0 Å². The van der Waals surface area contributed by atoms with Crippen LogP contribution in [0.2, 0.25) is 0 Å². The van der Waals surface area contributed by atoms with E-state index in [1.807, 2.05) is 6.92 Å². The lowest BCUT2D eigenvalue weighted by molar-refractivity contribution is 0.135. The average molecular weight is 346 g/mol. The van der Waals surface area contributed by atoms with Gasteiger partial charge in [-0.25, -0.2) is 14.2 Å². The third-order valence-electron chi connectivity index (χ3n) is 4.51. The molecule has 1 aliphatic rings. The van der Waals surface area contributed by atoms with E-state index in [4.69, 9.17) is 0 Å². The van der Waals surface area contributed by atoms with Gasteiger partial charge in [-0.2, -0.15) is 5.10 Å². The lowest BCUT2D eigenvalue weighted by atomic mass is 10.1. The van der Waals surface area contributed by atoms with E-state index in [1.54, 1.807) is 22.0 Å². The summed E-state index contributed by atoms with van der Waals surface area (Å²) in [5.41, 5.74) is 1.78. The summed E-state index contributed by atoms with van der Waals surface area (Å²) in [7, 11) is 0. The Kier molecular flexibility index (Phi) is 5.60. The minimum absolute atomic E-state index is 0.0976. The number of halogens is 1. The second kappa shape index (κ2) is 8.06. The van der Waals surface area contributed by atoms with Gasteiger partial charge in [0.2, 0.25) is 0 Å². The van der Waals surface area contributed by atoms with E-state index in [9.17, 15) is 9.18 Å². The Morgan fingerprint density at radius 2 is 2.04 bits per heavy atom. The molecule has 1 aliphatic heterocycles. The fourth-order valence-electron chi connectivity index (χ4n) is 2.88. The van der Waals surface area contributed by atoms with Crippen molar-refractivity contribution in [3.05, 3.63) is 47.8 Å². The number of rotatable bonds is 5. The number of nitrogens with zero attached hydrogens (tertiary/aromatic N) is 5. The van der Waals surface area contributed by atoms with E-state index in [-0.39, 0.29) is 11.8 Å². The van der Waals surface area contributed by atoms with Crippen molar-refractivity contribution in [2.75, 3.05) is 32.7 Å². The highest BCUT2D eigenvalue weighted by Gasteiger charge is 2.20. The van der Waals surface area contributed by atoms with Crippen molar-refractivity contribution in [1.29, 1.82) is 0 Å². The monoisotopic (exact) mass is 346 g/mol. The Morgan fingerprint density at radius 3 is 2.76 bits per heavy atom. The van der Waals surface area contributed by atoms with E-state index < -0.39 is 0 Å². The number of urea groups is 1. The number of hydrogen-bond acceptors (Lipinski definition) is 4. The fraction of sp³-hybridized carbons (Fsp3) is 0.471. The minimum Gasteiger partial charge on any atom is -0.334 e. The molecule has 8 heteroatoms. The van der Waals surface area contributed by atoms with E-state index in [1.165, 1.54) is 18.5 Å². The maximum Gasteiger partial charge on any atom is 0.317 e. The van der Waals surface area contributed by atoms with Crippen molar-refractivity contribution >= 4 is 6.03 Å². The molecule has 25 heavy (non-hydrogen) atoms. The highest BCUT2D eigenvalue weighted by molar-refractivity contribution is 5.74. The maximum atomic E-state index is 13.3. The number of amides is 2. The van der Waals surface area contributed by atoms with Gasteiger partial charge in [0.15, 0.2) is 0 Å². The Labute approximate surface area is 146 Å². The topological polar surface area (TPSA) is 66.3 Å². The van der Waals surface area contributed by atoms with Crippen LogP contribution >= 0.6 is 0 Å². The minimum atomic E-state index is -0.282. The number of hydrogen-bond donors (Lipinski definition) is 1. The highest BCUT2D eigenvalue weighted by atomic mass is 19.1. The van der Waals surface area contributed by atoms with Crippen LogP contribution in [0.3, 0.4) is 0 Å². The summed E-state index contributed by atoms with van der Waals surface area (Å²) >= 11 is 0. The van der Waals surface area contributed by atoms with E-state index in [2.05, 4.69) is 20.3 Å². The molecule has 134 valence electrons. The molecule has 1 saturated heterocycles. The number of benzene rings is 1. The van der Waals surface area contributed by atoms with Crippen LogP contribution in [-0.4, -0.2) is 63.3 Å². The van der Waals surface area contributed by atoms with Crippen LogP contribution < -0.4 is 5.32 Å². The Bertz CT molecular complexity index is 697. The molecule has 1 N–H and O–H groups in total. The lowest BCUT2D eigenvalue weighted by Crippen LogP contribution is -2.52. The van der Waals surface area contributed by atoms with E-state index in [0.717, 1.165) is 37.3 Å². The largest absolute Gasteiger partial charge is 0.334 e. The van der Waals surface area contributed by atoms with Crippen LogP contribution in [0.15, 0.2) is 30.9 Å². The van der Waals surface area contributed by atoms with Gasteiger partial charge in [0.1, 0.15) is 18.5 Å². The second-order valence-corrected chi connectivity index (χ2v) is 6.22. The highest BCUT2D eigenvalue weighted by Crippen LogP contribution is 2.10. The van der Waals surface area contributed by atoms with Crippen LogP contribution in [0.1, 0.15) is 11.1 Å². The SMILES string of the molecule is Cc1ccc(F)cc1CNC(=O)N1CCN(CCn2cncn2)CC1. The molecule has 3 rings (SSSR count). The predicted molar refractivity (Wildman–Crippen MR) is 91.4 cm³/mol. The van der Waals surface area contributed by atoms with Crippen LogP contribution in [0.4, 0.5) is 9.18 Å². The van der Waals surface area contributed by atoms with Gasteiger partial charge in [-0.1, -0.05) is 6.07 Å². The second-order valence-electron chi connectivity index (χ2n) is 6.22. The summed E-state index contributed by atoms with van der Waals surface area (Å²) in [6.07, 6.45) is 3.24. The summed E-state index contributed by atoms with van der Waals surface area (Å²) in [4.78, 5) is 20.3. The summed E-state index contributed by atoms with van der Waals surface area (Å²) in [6.45, 7) is 6.98. The van der Waals surface area contributed by atoms with Crippen LogP contribution in [0.5, 0.6) is 0 Å². The van der Waals surface area contributed by atoms with Gasteiger partial charge in [0.05, 0.1) is 6.54 Å².